The maximum Gasteiger partial charge on any atom is 0.134 e. The van der Waals surface area contributed by atoms with Crippen LogP contribution in [0.4, 0.5) is 0 Å². The van der Waals surface area contributed by atoms with Crippen molar-refractivity contribution < 1.29 is 20.4 Å². The summed E-state index contributed by atoms with van der Waals surface area (Å²) in [6, 6.07) is 5.67. The number of aliphatic hydroxyl groups is 4. The molecule has 7 nitrogen and oxygen atoms in total. The number of nitrogens with zero attached hydrogens (tertiary/aromatic N) is 2. The zero-order valence-electron chi connectivity index (χ0n) is 14.2. The van der Waals surface area contributed by atoms with E-state index in [1.807, 2.05) is 0 Å². The highest BCUT2D eigenvalue weighted by Crippen LogP contribution is 2.48. The predicted molar refractivity (Wildman–Crippen MR) is 95.4 cm³/mol. The van der Waals surface area contributed by atoms with Crippen LogP contribution in [0.15, 0.2) is 17.1 Å². The first-order chi connectivity index (χ1) is 12.7. The van der Waals surface area contributed by atoms with Crippen LogP contribution in [-0.2, 0) is 19.8 Å². The predicted octanol–water partition coefficient (Wildman–Crippen LogP) is 1.28. The molecule has 7 heteroatoms. The summed E-state index contributed by atoms with van der Waals surface area (Å²) >= 11 is 0. The molecule has 0 radical (unpaired) electrons. The standard InChI is InChI=1S/C19H21N3O4/c20-5-16-18(11-1-2-11)19(17(22-16)6-21-10-26)13-4-3-12(7-23)14(8-24)15(13)9-25/h3-4,6,11,22-26H,1-2,7-10H2. The molecule has 0 bridgehead atoms. The summed E-state index contributed by atoms with van der Waals surface area (Å²) < 4.78 is 0. The van der Waals surface area contributed by atoms with E-state index in [2.05, 4.69) is 16.0 Å². The van der Waals surface area contributed by atoms with Crippen molar-refractivity contribution in [2.45, 2.75) is 38.6 Å². The van der Waals surface area contributed by atoms with Crippen LogP contribution < -0.4 is 0 Å². The van der Waals surface area contributed by atoms with Crippen LogP contribution in [-0.4, -0.2) is 38.4 Å². The zero-order chi connectivity index (χ0) is 18.7. The second kappa shape index (κ2) is 7.81. The molecule has 136 valence electrons. The lowest BCUT2D eigenvalue weighted by Crippen LogP contribution is -2.04. The summed E-state index contributed by atoms with van der Waals surface area (Å²) in [5.74, 6) is 0.258. The van der Waals surface area contributed by atoms with E-state index in [0.717, 1.165) is 24.0 Å². The van der Waals surface area contributed by atoms with Crippen molar-refractivity contribution in [3.8, 4) is 17.2 Å². The Morgan fingerprint density at radius 1 is 1.12 bits per heavy atom. The molecule has 0 aliphatic heterocycles. The van der Waals surface area contributed by atoms with Gasteiger partial charge in [0.2, 0.25) is 0 Å². The molecule has 0 atom stereocenters. The van der Waals surface area contributed by atoms with Gasteiger partial charge in [-0.1, -0.05) is 12.1 Å². The van der Waals surface area contributed by atoms with Gasteiger partial charge in [-0.25, -0.2) is 0 Å². The monoisotopic (exact) mass is 355 g/mol. The highest BCUT2D eigenvalue weighted by Gasteiger charge is 2.33. The van der Waals surface area contributed by atoms with Gasteiger partial charge in [0.15, 0.2) is 0 Å². The molecule has 1 heterocycles. The third kappa shape index (κ3) is 3.16. The number of nitrogens with one attached hydrogen (secondary N) is 1. The minimum absolute atomic E-state index is 0.242. The van der Waals surface area contributed by atoms with Crippen LogP contribution in [0.5, 0.6) is 0 Å². The molecule has 1 fully saturated rings. The molecular formula is C19H21N3O4. The van der Waals surface area contributed by atoms with Crippen molar-refractivity contribution >= 4 is 6.21 Å². The fourth-order valence-electron chi connectivity index (χ4n) is 3.42. The van der Waals surface area contributed by atoms with E-state index >= 15 is 0 Å². The molecule has 2 aromatic rings. The van der Waals surface area contributed by atoms with Gasteiger partial charge in [-0.05, 0) is 46.6 Å². The molecule has 1 saturated carbocycles. The van der Waals surface area contributed by atoms with Crippen molar-refractivity contribution in [3.63, 3.8) is 0 Å². The Morgan fingerprint density at radius 3 is 2.38 bits per heavy atom. The Kier molecular flexibility index (Phi) is 5.49. The number of aromatic amines is 1. The summed E-state index contributed by atoms with van der Waals surface area (Å²) in [5, 5.41) is 47.7. The van der Waals surface area contributed by atoms with Gasteiger partial charge in [-0.15, -0.1) is 0 Å². The fraction of sp³-hybridized carbons (Fsp3) is 0.368. The third-order valence-electron chi connectivity index (χ3n) is 4.75. The minimum atomic E-state index is -0.378. The van der Waals surface area contributed by atoms with E-state index in [4.69, 9.17) is 5.11 Å². The van der Waals surface area contributed by atoms with Crippen molar-refractivity contribution in [3.05, 3.63) is 45.8 Å². The minimum Gasteiger partial charge on any atom is -0.392 e. The summed E-state index contributed by atoms with van der Waals surface area (Å²) in [6.45, 7) is -1.24. The number of aromatic nitrogens is 1. The van der Waals surface area contributed by atoms with E-state index in [0.29, 0.717) is 33.6 Å². The molecule has 5 N–H and O–H groups in total. The second-order valence-corrected chi connectivity index (χ2v) is 6.25. The molecule has 0 unspecified atom stereocenters. The molecule has 26 heavy (non-hydrogen) atoms. The van der Waals surface area contributed by atoms with Crippen LogP contribution in [0, 0.1) is 11.3 Å². The molecule has 0 amide bonds. The Balaban J connectivity index is 2.31. The molecule has 1 aromatic carbocycles. The van der Waals surface area contributed by atoms with Gasteiger partial charge < -0.3 is 25.4 Å². The molecular weight excluding hydrogens is 334 g/mol. The van der Waals surface area contributed by atoms with Gasteiger partial charge in [0.1, 0.15) is 18.5 Å². The van der Waals surface area contributed by atoms with Crippen molar-refractivity contribution in [1.82, 2.24) is 4.98 Å². The lowest BCUT2D eigenvalue weighted by atomic mass is 9.89. The van der Waals surface area contributed by atoms with Crippen LogP contribution in [0.1, 0.15) is 52.4 Å². The molecule has 0 spiro atoms. The summed E-state index contributed by atoms with van der Waals surface area (Å²) in [5.41, 5.74) is 4.90. The maximum atomic E-state index is 9.95. The Bertz CT molecular complexity index is 876. The van der Waals surface area contributed by atoms with Gasteiger partial charge in [-0.3, -0.25) is 4.99 Å². The van der Waals surface area contributed by atoms with Gasteiger partial charge in [0.05, 0.1) is 25.5 Å². The first-order valence-electron chi connectivity index (χ1n) is 8.43. The molecule has 1 aromatic heterocycles. The lowest BCUT2D eigenvalue weighted by molar-refractivity contribution is 0.248. The van der Waals surface area contributed by atoms with Gasteiger partial charge >= 0.3 is 0 Å². The first-order valence-corrected chi connectivity index (χ1v) is 8.43. The van der Waals surface area contributed by atoms with Gasteiger partial charge in [0, 0.05) is 11.8 Å². The number of hydrogen-bond donors (Lipinski definition) is 5. The number of benzene rings is 1. The fourth-order valence-corrected chi connectivity index (χ4v) is 3.42. The Morgan fingerprint density at radius 2 is 1.85 bits per heavy atom. The van der Waals surface area contributed by atoms with Crippen LogP contribution in [0.3, 0.4) is 0 Å². The molecule has 1 aliphatic rings. The van der Waals surface area contributed by atoms with Crippen LogP contribution in [0.2, 0.25) is 0 Å². The van der Waals surface area contributed by atoms with Crippen molar-refractivity contribution in [2.24, 2.45) is 4.99 Å². The highest BCUT2D eigenvalue weighted by molar-refractivity contribution is 5.93. The van der Waals surface area contributed by atoms with E-state index in [1.165, 1.54) is 6.21 Å². The number of rotatable bonds is 7. The topological polar surface area (TPSA) is 133 Å². The van der Waals surface area contributed by atoms with Crippen LogP contribution >= 0.6 is 0 Å². The first kappa shape index (κ1) is 18.3. The van der Waals surface area contributed by atoms with E-state index in [-0.39, 0.29) is 32.5 Å². The quantitative estimate of drug-likeness (QED) is 0.477. The SMILES string of the molecule is N#Cc1[nH]c(C=NCO)c(-c2ccc(CO)c(CO)c2CO)c1C1CC1. The van der Waals surface area contributed by atoms with Gasteiger partial charge in [-0.2, -0.15) is 5.26 Å². The molecule has 0 saturated heterocycles. The average Bonchev–Trinajstić information content (AvgIpc) is 3.45. The largest absolute Gasteiger partial charge is 0.392 e. The smallest absolute Gasteiger partial charge is 0.134 e. The lowest BCUT2D eigenvalue weighted by Gasteiger charge is -2.16. The number of hydrogen-bond acceptors (Lipinski definition) is 6. The van der Waals surface area contributed by atoms with Crippen LogP contribution in [0.25, 0.3) is 11.1 Å². The van der Waals surface area contributed by atoms with Crippen molar-refractivity contribution in [2.75, 3.05) is 6.73 Å². The number of H-pyrrole nitrogens is 1. The van der Waals surface area contributed by atoms with E-state index < -0.39 is 0 Å². The Labute approximate surface area is 150 Å². The number of nitriles is 1. The summed E-state index contributed by atoms with van der Waals surface area (Å²) in [7, 11) is 0. The Hall–Kier alpha value is -2.50. The molecule has 1 aliphatic carbocycles. The normalized spacial score (nSPS) is 14.1. The van der Waals surface area contributed by atoms with Crippen molar-refractivity contribution in [1.29, 1.82) is 5.26 Å². The number of aliphatic imine (C=N–C) groups is 1. The average molecular weight is 355 g/mol. The third-order valence-corrected chi connectivity index (χ3v) is 4.75. The van der Waals surface area contributed by atoms with Gasteiger partial charge in [0.25, 0.3) is 0 Å². The number of aliphatic hydroxyl groups excluding tert-OH is 4. The summed E-state index contributed by atoms with van der Waals surface area (Å²) in [4.78, 5) is 6.92. The maximum absolute atomic E-state index is 9.95. The zero-order valence-corrected chi connectivity index (χ0v) is 14.2. The summed E-state index contributed by atoms with van der Waals surface area (Å²) in [6.07, 6.45) is 3.43. The molecule has 3 rings (SSSR count). The second-order valence-electron chi connectivity index (χ2n) is 6.25. The van der Waals surface area contributed by atoms with E-state index in [1.54, 1.807) is 12.1 Å². The highest BCUT2D eigenvalue weighted by atomic mass is 16.3. The van der Waals surface area contributed by atoms with E-state index in [9.17, 15) is 20.6 Å².